The Morgan fingerprint density at radius 2 is 2.36 bits per heavy atom. The summed E-state index contributed by atoms with van der Waals surface area (Å²) < 4.78 is 1.90. The lowest BCUT2D eigenvalue weighted by Crippen LogP contribution is -2.29. The first kappa shape index (κ1) is 8.27. The molecule has 0 bridgehead atoms. The van der Waals surface area contributed by atoms with Crippen LogP contribution in [0.15, 0.2) is 18.5 Å². The van der Waals surface area contributed by atoms with Crippen LogP contribution in [0.3, 0.4) is 0 Å². The van der Waals surface area contributed by atoms with E-state index in [1.807, 2.05) is 16.9 Å². The zero-order chi connectivity index (χ0) is 8.27. The molecule has 0 radical (unpaired) electrons. The van der Waals surface area contributed by atoms with Gasteiger partial charge in [-0.1, -0.05) is 6.92 Å². The molecule has 0 aromatic carbocycles. The summed E-state index contributed by atoms with van der Waals surface area (Å²) in [5.41, 5.74) is 5.85. The van der Waals surface area contributed by atoms with Crippen LogP contribution in [0.4, 0.5) is 0 Å². The Kier molecular flexibility index (Phi) is 2.65. The number of hydrogen-bond acceptors (Lipinski definition) is 2. The van der Waals surface area contributed by atoms with E-state index in [9.17, 15) is 0 Å². The van der Waals surface area contributed by atoms with Crippen molar-refractivity contribution in [2.75, 3.05) is 0 Å². The van der Waals surface area contributed by atoms with Gasteiger partial charge in [0.25, 0.3) is 0 Å². The highest BCUT2D eigenvalue weighted by Gasteiger charge is 2.11. The second-order valence-electron chi connectivity index (χ2n) is 2.80. The van der Waals surface area contributed by atoms with E-state index >= 15 is 0 Å². The van der Waals surface area contributed by atoms with Crippen molar-refractivity contribution in [3.8, 4) is 0 Å². The minimum atomic E-state index is 0.204. The van der Waals surface area contributed by atoms with Crippen LogP contribution in [0.2, 0.25) is 0 Å². The fraction of sp³-hybridized carbons (Fsp3) is 0.625. The molecule has 0 aliphatic rings. The molecule has 0 aliphatic carbocycles. The van der Waals surface area contributed by atoms with E-state index in [0.717, 1.165) is 6.42 Å². The first-order chi connectivity index (χ1) is 5.25. The second kappa shape index (κ2) is 3.53. The van der Waals surface area contributed by atoms with Crippen molar-refractivity contribution in [1.82, 2.24) is 9.78 Å². The van der Waals surface area contributed by atoms with Gasteiger partial charge in [-0.2, -0.15) is 5.10 Å². The number of hydrogen-bond donors (Lipinski definition) is 1. The molecule has 2 N–H and O–H groups in total. The Labute approximate surface area is 67.2 Å². The first-order valence-electron chi connectivity index (χ1n) is 4.00. The minimum Gasteiger partial charge on any atom is -0.326 e. The van der Waals surface area contributed by atoms with E-state index in [1.54, 1.807) is 6.20 Å². The summed E-state index contributed by atoms with van der Waals surface area (Å²) in [5.74, 6) is 0. The van der Waals surface area contributed by atoms with E-state index in [-0.39, 0.29) is 6.04 Å². The standard InChI is InChI=1S/C8H15N3/c1-3-8(9)7(2)11-6-4-5-10-11/h4-8H,3,9H2,1-2H3. The smallest absolute Gasteiger partial charge is 0.0641 e. The zero-order valence-corrected chi connectivity index (χ0v) is 7.07. The van der Waals surface area contributed by atoms with Gasteiger partial charge in [0.2, 0.25) is 0 Å². The van der Waals surface area contributed by atoms with E-state index < -0.39 is 0 Å². The van der Waals surface area contributed by atoms with Gasteiger partial charge in [0, 0.05) is 18.4 Å². The van der Waals surface area contributed by atoms with Gasteiger partial charge in [-0.25, -0.2) is 0 Å². The molecule has 0 fully saturated rings. The molecule has 3 heteroatoms. The lowest BCUT2D eigenvalue weighted by molar-refractivity contribution is 0.398. The summed E-state index contributed by atoms with van der Waals surface area (Å²) in [7, 11) is 0. The van der Waals surface area contributed by atoms with Crippen LogP contribution in [-0.4, -0.2) is 15.8 Å². The number of nitrogens with zero attached hydrogens (tertiary/aromatic N) is 2. The Hall–Kier alpha value is -0.830. The molecule has 1 aromatic heterocycles. The molecule has 1 heterocycles. The van der Waals surface area contributed by atoms with Crippen molar-refractivity contribution in [2.24, 2.45) is 5.73 Å². The number of nitrogens with two attached hydrogens (primary N) is 1. The van der Waals surface area contributed by atoms with Crippen LogP contribution in [0, 0.1) is 0 Å². The molecule has 11 heavy (non-hydrogen) atoms. The Morgan fingerprint density at radius 1 is 1.64 bits per heavy atom. The van der Waals surface area contributed by atoms with Gasteiger partial charge in [-0.05, 0) is 19.4 Å². The topological polar surface area (TPSA) is 43.8 Å². The summed E-state index contributed by atoms with van der Waals surface area (Å²) >= 11 is 0. The van der Waals surface area contributed by atoms with Gasteiger partial charge in [0.15, 0.2) is 0 Å². The fourth-order valence-electron chi connectivity index (χ4n) is 1.06. The maximum Gasteiger partial charge on any atom is 0.0641 e. The van der Waals surface area contributed by atoms with Crippen molar-refractivity contribution in [3.63, 3.8) is 0 Å². The molecule has 3 nitrogen and oxygen atoms in total. The average molecular weight is 153 g/mol. The Balaban J connectivity index is 2.62. The molecule has 0 amide bonds. The highest BCUT2D eigenvalue weighted by atomic mass is 15.3. The van der Waals surface area contributed by atoms with Crippen molar-refractivity contribution >= 4 is 0 Å². The predicted molar refractivity (Wildman–Crippen MR) is 45.2 cm³/mol. The molecule has 0 saturated heterocycles. The van der Waals surface area contributed by atoms with Gasteiger partial charge >= 0.3 is 0 Å². The molecule has 62 valence electrons. The SMILES string of the molecule is CCC(N)C(C)n1cccn1. The average Bonchev–Trinajstić information content (AvgIpc) is 2.53. The molecule has 1 rings (SSSR count). The lowest BCUT2D eigenvalue weighted by atomic mass is 10.1. The Morgan fingerprint density at radius 3 is 2.82 bits per heavy atom. The summed E-state index contributed by atoms with van der Waals surface area (Å²) in [5, 5.41) is 4.12. The summed E-state index contributed by atoms with van der Waals surface area (Å²) in [6, 6.07) is 2.42. The molecule has 2 atom stereocenters. The van der Waals surface area contributed by atoms with Gasteiger partial charge in [0.05, 0.1) is 6.04 Å². The molecule has 2 unspecified atom stereocenters. The van der Waals surface area contributed by atoms with E-state index in [0.29, 0.717) is 6.04 Å². The van der Waals surface area contributed by atoms with Gasteiger partial charge in [-0.3, -0.25) is 4.68 Å². The van der Waals surface area contributed by atoms with E-state index in [1.165, 1.54) is 0 Å². The fourth-order valence-corrected chi connectivity index (χ4v) is 1.06. The largest absolute Gasteiger partial charge is 0.326 e. The quantitative estimate of drug-likeness (QED) is 0.708. The third-order valence-corrected chi connectivity index (χ3v) is 2.03. The number of rotatable bonds is 3. The molecule has 1 aromatic rings. The van der Waals surface area contributed by atoms with Crippen molar-refractivity contribution in [2.45, 2.75) is 32.4 Å². The van der Waals surface area contributed by atoms with E-state index in [4.69, 9.17) is 5.73 Å². The molecule has 0 spiro atoms. The third-order valence-electron chi connectivity index (χ3n) is 2.03. The van der Waals surface area contributed by atoms with Crippen molar-refractivity contribution in [1.29, 1.82) is 0 Å². The predicted octanol–water partition coefficient (Wildman–Crippen LogP) is 1.18. The van der Waals surface area contributed by atoms with Crippen LogP contribution in [0.25, 0.3) is 0 Å². The van der Waals surface area contributed by atoms with Crippen LogP contribution in [0.1, 0.15) is 26.3 Å². The van der Waals surface area contributed by atoms with Gasteiger partial charge in [-0.15, -0.1) is 0 Å². The van der Waals surface area contributed by atoms with Crippen molar-refractivity contribution < 1.29 is 0 Å². The zero-order valence-electron chi connectivity index (χ0n) is 7.07. The maximum absolute atomic E-state index is 5.85. The maximum atomic E-state index is 5.85. The highest BCUT2D eigenvalue weighted by Crippen LogP contribution is 2.09. The van der Waals surface area contributed by atoms with Crippen molar-refractivity contribution in [3.05, 3.63) is 18.5 Å². The second-order valence-corrected chi connectivity index (χ2v) is 2.80. The number of aromatic nitrogens is 2. The van der Waals surface area contributed by atoms with Crippen LogP contribution < -0.4 is 5.73 Å². The summed E-state index contributed by atoms with van der Waals surface area (Å²) in [4.78, 5) is 0. The van der Waals surface area contributed by atoms with Gasteiger partial charge < -0.3 is 5.73 Å². The lowest BCUT2D eigenvalue weighted by Gasteiger charge is -2.18. The van der Waals surface area contributed by atoms with E-state index in [2.05, 4.69) is 18.9 Å². The third kappa shape index (κ3) is 1.80. The summed E-state index contributed by atoms with van der Waals surface area (Å²) in [6.07, 6.45) is 4.71. The highest BCUT2D eigenvalue weighted by molar-refractivity contribution is 4.83. The first-order valence-corrected chi connectivity index (χ1v) is 4.00. The van der Waals surface area contributed by atoms with Gasteiger partial charge in [0.1, 0.15) is 0 Å². The van der Waals surface area contributed by atoms with Crippen LogP contribution >= 0.6 is 0 Å². The monoisotopic (exact) mass is 153 g/mol. The normalized spacial score (nSPS) is 16.3. The minimum absolute atomic E-state index is 0.204. The van der Waals surface area contributed by atoms with Crippen LogP contribution in [-0.2, 0) is 0 Å². The molecular formula is C8H15N3. The molecule has 0 aliphatic heterocycles. The molecule has 0 saturated carbocycles. The van der Waals surface area contributed by atoms with Crippen LogP contribution in [0.5, 0.6) is 0 Å². The molecular weight excluding hydrogens is 138 g/mol. The Bertz CT molecular complexity index is 193. The summed E-state index contributed by atoms with van der Waals surface area (Å²) in [6.45, 7) is 4.17.